The molecular formula is C15H15ClN2O3S. The summed E-state index contributed by atoms with van der Waals surface area (Å²) in [5, 5.41) is 3.12. The van der Waals surface area contributed by atoms with Crippen LogP contribution < -0.4 is 10.0 Å². The second-order valence-electron chi connectivity index (χ2n) is 4.78. The minimum atomic E-state index is -3.68. The van der Waals surface area contributed by atoms with Gasteiger partial charge in [-0.2, -0.15) is 0 Å². The van der Waals surface area contributed by atoms with Crippen LogP contribution in [0.4, 0.5) is 11.4 Å². The average molecular weight is 339 g/mol. The zero-order valence-corrected chi connectivity index (χ0v) is 13.6. The van der Waals surface area contributed by atoms with Crippen molar-refractivity contribution >= 4 is 38.9 Å². The topological polar surface area (TPSA) is 75.3 Å². The van der Waals surface area contributed by atoms with Gasteiger partial charge in [0.25, 0.3) is 10.0 Å². The first-order chi connectivity index (χ1) is 10.3. The first-order valence-corrected chi connectivity index (χ1v) is 8.31. The number of carbonyl (C=O) groups is 1. The van der Waals surface area contributed by atoms with E-state index in [1.165, 1.54) is 19.1 Å². The van der Waals surface area contributed by atoms with Gasteiger partial charge in [-0.3, -0.25) is 9.52 Å². The molecule has 2 aromatic carbocycles. The summed E-state index contributed by atoms with van der Waals surface area (Å²) in [7, 11) is -3.68. The number of aryl methyl sites for hydroxylation is 1. The van der Waals surface area contributed by atoms with E-state index >= 15 is 0 Å². The standard InChI is InChI=1S/C15H15ClN2O3S/c1-10-9-14(7-8-15(10)16)22(20,21)18-13-5-3-12(4-6-13)17-11(2)19/h3-9,18H,1-2H3,(H,17,19). The maximum Gasteiger partial charge on any atom is 0.261 e. The van der Waals surface area contributed by atoms with Crippen molar-refractivity contribution < 1.29 is 13.2 Å². The molecule has 0 radical (unpaired) electrons. The number of sulfonamides is 1. The van der Waals surface area contributed by atoms with Crippen LogP contribution in [0.2, 0.25) is 5.02 Å². The van der Waals surface area contributed by atoms with E-state index in [4.69, 9.17) is 11.6 Å². The van der Waals surface area contributed by atoms with Crippen LogP contribution in [0.15, 0.2) is 47.4 Å². The normalized spacial score (nSPS) is 11.0. The average Bonchev–Trinajstić information content (AvgIpc) is 2.43. The molecule has 5 nitrogen and oxygen atoms in total. The van der Waals surface area contributed by atoms with Crippen LogP contribution in [0.25, 0.3) is 0 Å². The van der Waals surface area contributed by atoms with E-state index in [1.807, 2.05) is 0 Å². The molecule has 0 unspecified atom stereocenters. The third kappa shape index (κ3) is 3.99. The zero-order chi connectivity index (χ0) is 16.3. The van der Waals surface area contributed by atoms with Gasteiger partial charge in [0.1, 0.15) is 0 Å². The molecule has 2 aromatic rings. The molecule has 0 bridgehead atoms. The Labute approximate surface area is 134 Å². The van der Waals surface area contributed by atoms with Crippen molar-refractivity contribution in [2.24, 2.45) is 0 Å². The van der Waals surface area contributed by atoms with Gasteiger partial charge in [-0.15, -0.1) is 0 Å². The predicted molar refractivity (Wildman–Crippen MR) is 87.7 cm³/mol. The zero-order valence-electron chi connectivity index (χ0n) is 12.1. The van der Waals surface area contributed by atoms with E-state index in [9.17, 15) is 13.2 Å². The van der Waals surface area contributed by atoms with E-state index in [-0.39, 0.29) is 10.8 Å². The molecule has 0 fully saturated rings. The van der Waals surface area contributed by atoms with Crippen LogP contribution in [0, 0.1) is 6.92 Å². The van der Waals surface area contributed by atoms with Crippen LogP contribution in [0.3, 0.4) is 0 Å². The van der Waals surface area contributed by atoms with Crippen molar-refractivity contribution in [2.75, 3.05) is 10.0 Å². The summed E-state index contributed by atoms with van der Waals surface area (Å²) in [6, 6.07) is 10.9. The molecule has 0 saturated heterocycles. The van der Waals surface area contributed by atoms with Crippen molar-refractivity contribution in [3.63, 3.8) is 0 Å². The smallest absolute Gasteiger partial charge is 0.261 e. The number of hydrogen-bond acceptors (Lipinski definition) is 3. The third-order valence-corrected chi connectivity index (χ3v) is 4.70. The van der Waals surface area contributed by atoms with E-state index in [0.717, 1.165) is 0 Å². The van der Waals surface area contributed by atoms with Crippen molar-refractivity contribution in [3.8, 4) is 0 Å². The molecule has 0 heterocycles. The van der Waals surface area contributed by atoms with Gasteiger partial charge >= 0.3 is 0 Å². The first kappa shape index (κ1) is 16.3. The van der Waals surface area contributed by atoms with Crippen molar-refractivity contribution in [3.05, 3.63) is 53.1 Å². The van der Waals surface area contributed by atoms with Gasteiger partial charge in [0, 0.05) is 23.3 Å². The molecule has 1 amide bonds. The summed E-state index contributed by atoms with van der Waals surface area (Å²) in [4.78, 5) is 11.1. The Morgan fingerprint density at radius 2 is 1.64 bits per heavy atom. The maximum absolute atomic E-state index is 12.3. The molecule has 116 valence electrons. The Morgan fingerprint density at radius 1 is 1.05 bits per heavy atom. The molecule has 2 rings (SSSR count). The Bertz CT molecular complexity index is 802. The lowest BCUT2D eigenvalue weighted by atomic mass is 10.2. The lowest BCUT2D eigenvalue weighted by Gasteiger charge is -2.10. The largest absolute Gasteiger partial charge is 0.326 e. The maximum atomic E-state index is 12.3. The lowest BCUT2D eigenvalue weighted by molar-refractivity contribution is -0.114. The summed E-state index contributed by atoms with van der Waals surface area (Å²) in [5.41, 5.74) is 1.69. The van der Waals surface area contributed by atoms with Crippen LogP contribution in [-0.2, 0) is 14.8 Å². The number of halogens is 1. The number of amides is 1. The summed E-state index contributed by atoms with van der Waals surface area (Å²) in [6.07, 6.45) is 0. The van der Waals surface area contributed by atoms with Crippen LogP contribution >= 0.6 is 11.6 Å². The van der Waals surface area contributed by atoms with Crippen LogP contribution in [0.5, 0.6) is 0 Å². The molecule has 0 aromatic heterocycles. The SMILES string of the molecule is CC(=O)Nc1ccc(NS(=O)(=O)c2ccc(Cl)c(C)c2)cc1. The summed E-state index contributed by atoms with van der Waals surface area (Å²) < 4.78 is 27.1. The van der Waals surface area contributed by atoms with Gasteiger partial charge in [0.15, 0.2) is 0 Å². The van der Waals surface area contributed by atoms with Gasteiger partial charge < -0.3 is 5.32 Å². The van der Waals surface area contributed by atoms with E-state index < -0.39 is 10.0 Å². The van der Waals surface area contributed by atoms with Crippen molar-refractivity contribution in [1.82, 2.24) is 0 Å². The lowest BCUT2D eigenvalue weighted by Crippen LogP contribution is -2.13. The van der Waals surface area contributed by atoms with Gasteiger partial charge in [-0.1, -0.05) is 11.6 Å². The first-order valence-electron chi connectivity index (χ1n) is 6.44. The number of anilines is 2. The fourth-order valence-corrected chi connectivity index (χ4v) is 3.08. The van der Waals surface area contributed by atoms with Crippen molar-refractivity contribution in [1.29, 1.82) is 0 Å². The van der Waals surface area contributed by atoms with Gasteiger partial charge in [-0.05, 0) is 55.0 Å². The predicted octanol–water partition coefficient (Wildman–Crippen LogP) is 3.41. The highest BCUT2D eigenvalue weighted by Gasteiger charge is 2.15. The Kier molecular flexibility index (Phi) is 4.73. The highest BCUT2D eigenvalue weighted by atomic mass is 35.5. The number of nitrogens with one attached hydrogen (secondary N) is 2. The Hall–Kier alpha value is -2.05. The van der Waals surface area contributed by atoms with E-state index in [2.05, 4.69) is 10.0 Å². The minimum Gasteiger partial charge on any atom is -0.326 e. The Morgan fingerprint density at radius 3 is 2.18 bits per heavy atom. The molecule has 0 spiro atoms. The fraction of sp³-hybridized carbons (Fsp3) is 0.133. The number of benzene rings is 2. The molecule has 0 aliphatic heterocycles. The highest BCUT2D eigenvalue weighted by molar-refractivity contribution is 7.92. The summed E-state index contributed by atoms with van der Waals surface area (Å²) in [5.74, 6) is -0.190. The molecule has 0 aliphatic carbocycles. The second kappa shape index (κ2) is 6.37. The third-order valence-electron chi connectivity index (χ3n) is 2.90. The van der Waals surface area contributed by atoms with Crippen molar-refractivity contribution in [2.45, 2.75) is 18.7 Å². The van der Waals surface area contributed by atoms with E-state index in [0.29, 0.717) is 22.0 Å². The number of hydrogen-bond donors (Lipinski definition) is 2. The molecule has 22 heavy (non-hydrogen) atoms. The van der Waals surface area contributed by atoms with Gasteiger partial charge in [-0.25, -0.2) is 8.42 Å². The molecule has 0 saturated carbocycles. The molecule has 0 atom stereocenters. The quantitative estimate of drug-likeness (QED) is 0.897. The van der Waals surface area contributed by atoms with Crippen LogP contribution in [0.1, 0.15) is 12.5 Å². The minimum absolute atomic E-state index is 0.139. The number of carbonyl (C=O) groups excluding carboxylic acids is 1. The van der Waals surface area contributed by atoms with E-state index in [1.54, 1.807) is 37.3 Å². The molecular weight excluding hydrogens is 324 g/mol. The summed E-state index contributed by atoms with van der Waals surface area (Å²) >= 11 is 5.90. The molecule has 0 aliphatic rings. The Balaban J connectivity index is 2.21. The second-order valence-corrected chi connectivity index (χ2v) is 6.86. The monoisotopic (exact) mass is 338 g/mol. The highest BCUT2D eigenvalue weighted by Crippen LogP contribution is 2.22. The fourth-order valence-electron chi connectivity index (χ4n) is 1.82. The summed E-state index contributed by atoms with van der Waals surface area (Å²) in [6.45, 7) is 3.14. The number of rotatable bonds is 4. The van der Waals surface area contributed by atoms with Gasteiger partial charge in [0.2, 0.25) is 5.91 Å². The molecule has 7 heteroatoms. The van der Waals surface area contributed by atoms with Crippen LogP contribution in [-0.4, -0.2) is 14.3 Å². The van der Waals surface area contributed by atoms with Gasteiger partial charge in [0.05, 0.1) is 4.90 Å². The molecule has 2 N–H and O–H groups in total.